The summed E-state index contributed by atoms with van der Waals surface area (Å²) in [4.78, 5) is 27.8. The second-order valence-corrected chi connectivity index (χ2v) is 9.88. The highest BCUT2D eigenvalue weighted by Gasteiger charge is 2.44. The molecule has 1 aromatic carbocycles. The molecule has 0 aromatic heterocycles. The first-order valence-electron chi connectivity index (χ1n) is 11.9. The van der Waals surface area contributed by atoms with Crippen LogP contribution in [0, 0.1) is 11.3 Å². The molecule has 2 aliphatic heterocycles. The largest absolute Gasteiger partial charge is 0.475 e. The molecule has 0 unspecified atom stereocenters. The molecule has 200 valence electrons. The predicted octanol–water partition coefficient (Wildman–Crippen LogP) is 1.45. The second kappa shape index (κ2) is 11.5. The van der Waals surface area contributed by atoms with Crippen LogP contribution in [-0.2, 0) is 16.0 Å². The van der Waals surface area contributed by atoms with E-state index in [1.807, 2.05) is 0 Å². The number of nitrogens with zero attached hydrogens (tertiary/aromatic N) is 3. The molecule has 2 fully saturated rings. The van der Waals surface area contributed by atoms with Gasteiger partial charge >= 0.3 is 13.2 Å². The number of nitriles is 1. The Balaban J connectivity index is 1.61. The molecule has 9 nitrogen and oxygen atoms in total. The minimum absolute atomic E-state index is 0.0804. The molecule has 3 rings (SSSR count). The Labute approximate surface area is 213 Å². The van der Waals surface area contributed by atoms with E-state index in [1.165, 1.54) is 11.0 Å². The molecule has 3 atom stereocenters. The van der Waals surface area contributed by atoms with E-state index in [0.29, 0.717) is 0 Å². The van der Waals surface area contributed by atoms with E-state index in [1.54, 1.807) is 50.2 Å². The summed E-state index contributed by atoms with van der Waals surface area (Å²) in [7, 11) is -1.90. The minimum Gasteiger partial charge on any atom is -0.441 e. The van der Waals surface area contributed by atoms with Gasteiger partial charge in [-0.15, -0.1) is 0 Å². The molecule has 2 aliphatic rings. The number of amides is 2. The Hall–Kier alpha value is -3.08. The van der Waals surface area contributed by atoms with E-state index in [9.17, 15) is 38.1 Å². The maximum absolute atomic E-state index is 14.6. The van der Waals surface area contributed by atoms with Crippen molar-refractivity contribution in [3.05, 3.63) is 47.5 Å². The maximum atomic E-state index is 14.6. The Kier molecular flexibility index (Phi) is 8.89. The molecule has 0 bridgehead atoms. The van der Waals surface area contributed by atoms with Gasteiger partial charge in [0.2, 0.25) is 0 Å². The molecule has 13 heteroatoms. The van der Waals surface area contributed by atoms with Crippen molar-refractivity contribution in [3.8, 4) is 6.07 Å². The SMILES string of the molecule is CC(C)(/C=C(\C#N)C(=O)N1C[C@@H](F)[C@H](OC(=O)N[C@@H](Cc2ccccc2)B(O)O)C1)N1CCC(F)(F)C1. The van der Waals surface area contributed by atoms with Gasteiger partial charge in [0.1, 0.15) is 11.6 Å². The number of likely N-dealkylation sites (tertiary alicyclic amines) is 2. The van der Waals surface area contributed by atoms with Crippen molar-refractivity contribution in [2.75, 3.05) is 26.2 Å². The van der Waals surface area contributed by atoms with Gasteiger partial charge in [0.25, 0.3) is 11.8 Å². The van der Waals surface area contributed by atoms with E-state index in [4.69, 9.17) is 4.74 Å². The fourth-order valence-electron chi connectivity index (χ4n) is 4.42. The van der Waals surface area contributed by atoms with E-state index in [-0.39, 0.29) is 31.5 Å². The molecule has 2 saturated heterocycles. The highest BCUT2D eigenvalue weighted by Crippen LogP contribution is 2.33. The zero-order valence-electron chi connectivity index (χ0n) is 20.6. The summed E-state index contributed by atoms with van der Waals surface area (Å²) < 4.78 is 47.1. The Bertz CT molecular complexity index is 1050. The van der Waals surface area contributed by atoms with Crippen LogP contribution < -0.4 is 5.32 Å². The van der Waals surface area contributed by atoms with Crippen molar-refractivity contribution in [2.24, 2.45) is 0 Å². The van der Waals surface area contributed by atoms with Crippen LogP contribution in [0.5, 0.6) is 0 Å². The van der Waals surface area contributed by atoms with Gasteiger partial charge in [0, 0.05) is 18.5 Å². The highest BCUT2D eigenvalue weighted by molar-refractivity contribution is 6.43. The lowest BCUT2D eigenvalue weighted by Crippen LogP contribution is -2.49. The molecule has 2 heterocycles. The molecule has 3 N–H and O–H groups in total. The number of nitrogens with one attached hydrogen (secondary N) is 1. The number of halogens is 3. The lowest BCUT2D eigenvalue weighted by molar-refractivity contribution is -0.126. The molecule has 2 amide bonds. The second-order valence-electron chi connectivity index (χ2n) is 9.88. The van der Waals surface area contributed by atoms with Crippen LogP contribution in [0.15, 0.2) is 42.0 Å². The Morgan fingerprint density at radius 3 is 2.57 bits per heavy atom. The number of carbonyl (C=O) groups excluding carboxylic acids is 2. The van der Waals surface area contributed by atoms with E-state index < -0.39 is 61.9 Å². The van der Waals surface area contributed by atoms with Gasteiger partial charge in [0.05, 0.1) is 25.6 Å². The number of hydrogen-bond donors (Lipinski definition) is 3. The number of alkyl halides is 3. The molecule has 0 spiro atoms. The smallest absolute Gasteiger partial charge is 0.441 e. The predicted molar refractivity (Wildman–Crippen MR) is 128 cm³/mol. The van der Waals surface area contributed by atoms with E-state index in [0.717, 1.165) is 10.5 Å². The average molecular weight is 522 g/mol. The third-order valence-corrected chi connectivity index (χ3v) is 6.54. The minimum atomic E-state index is -2.85. The normalized spacial score (nSPS) is 22.9. The van der Waals surface area contributed by atoms with Crippen molar-refractivity contribution in [3.63, 3.8) is 0 Å². The summed E-state index contributed by atoms with van der Waals surface area (Å²) in [6.45, 7) is 2.04. The summed E-state index contributed by atoms with van der Waals surface area (Å²) in [5.41, 5.74) is -0.633. The molecule has 0 saturated carbocycles. The van der Waals surface area contributed by atoms with Crippen molar-refractivity contribution in [2.45, 2.75) is 56.4 Å². The molecule has 0 aliphatic carbocycles. The van der Waals surface area contributed by atoms with Crippen molar-refractivity contribution in [1.82, 2.24) is 15.1 Å². The fourth-order valence-corrected chi connectivity index (χ4v) is 4.42. The standard InChI is InChI=1S/C24H30BF3N4O5/c1-23(2,32-9-8-24(27,28)15-32)11-17(12-29)21(33)31-13-18(26)19(14-31)37-22(34)30-20(25(35)36)10-16-6-4-3-5-7-16/h3-7,11,18-20,35-36H,8-10,13-15H2,1-2H3,(H,30,34)/b17-11+/t18-,19-,20+/m1/s1. The summed E-state index contributed by atoms with van der Waals surface area (Å²) in [5, 5.41) is 31.1. The number of rotatable bonds is 8. The summed E-state index contributed by atoms with van der Waals surface area (Å²) in [6.07, 6.45) is -3.13. The molecular weight excluding hydrogens is 492 g/mol. The first-order valence-corrected chi connectivity index (χ1v) is 11.9. The first kappa shape index (κ1) is 28.5. The highest BCUT2D eigenvalue weighted by atomic mass is 19.3. The van der Waals surface area contributed by atoms with Crippen LogP contribution in [-0.4, -0.2) is 94.8 Å². The third kappa shape index (κ3) is 7.47. The van der Waals surface area contributed by atoms with Crippen LogP contribution in [0.2, 0.25) is 0 Å². The van der Waals surface area contributed by atoms with Crippen LogP contribution in [0.1, 0.15) is 25.8 Å². The fraction of sp³-hybridized carbons (Fsp3) is 0.542. The molecule has 1 aromatic rings. The van der Waals surface area contributed by atoms with Crippen molar-refractivity contribution >= 4 is 19.1 Å². The van der Waals surface area contributed by atoms with Gasteiger partial charge < -0.3 is 25.0 Å². The van der Waals surface area contributed by atoms with Gasteiger partial charge in [-0.25, -0.2) is 18.0 Å². The van der Waals surface area contributed by atoms with Crippen LogP contribution in [0.4, 0.5) is 18.0 Å². The molecule has 0 radical (unpaired) electrons. The number of hydrogen-bond acceptors (Lipinski definition) is 7. The lowest BCUT2D eigenvalue weighted by Gasteiger charge is -2.33. The van der Waals surface area contributed by atoms with Crippen molar-refractivity contribution in [1.29, 1.82) is 5.26 Å². The number of benzene rings is 1. The van der Waals surface area contributed by atoms with Crippen LogP contribution >= 0.6 is 0 Å². The zero-order valence-corrected chi connectivity index (χ0v) is 20.6. The monoisotopic (exact) mass is 522 g/mol. The molecule has 37 heavy (non-hydrogen) atoms. The number of carbonyl (C=O) groups is 2. The average Bonchev–Trinajstić information content (AvgIpc) is 3.39. The lowest BCUT2D eigenvalue weighted by atomic mass is 9.76. The quantitative estimate of drug-likeness (QED) is 0.268. The summed E-state index contributed by atoms with van der Waals surface area (Å²) in [5.74, 6) is -4.78. The zero-order chi connectivity index (χ0) is 27.4. The maximum Gasteiger partial charge on any atom is 0.475 e. The summed E-state index contributed by atoms with van der Waals surface area (Å²) >= 11 is 0. The Morgan fingerprint density at radius 2 is 2.00 bits per heavy atom. The number of alkyl carbamates (subject to hydrolysis) is 1. The summed E-state index contributed by atoms with van der Waals surface area (Å²) in [6, 6.07) is 10.5. The van der Waals surface area contributed by atoms with E-state index >= 15 is 0 Å². The molecular formula is C24H30BF3N4O5. The van der Waals surface area contributed by atoms with Crippen LogP contribution in [0.3, 0.4) is 0 Å². The van der Waals surface area contributed by atoms with Crippen LogP contribution in [0.25, 0.3) is 0 Å². The van der Waals surface area contributed by atoms with Crippen molar-refractivity contribution < 1.29 is 37.5 Å². The van der Waals surface area contributed by atoms with Gasteiger partial charge in [-0.05, 0) is 31.9 Å². The first-order chi connectivity index (χ1) is 17.3. The van der Waals surface area contributed by atoms with Gasteiger partial charge in [-0.1, -0.05) is 30.3 Å². The van der Waals surface area contributed by atoms with Gasteiger partial charge in [-0.3, -0.25) is 9.69 Å². The van der Waals surface area contributed by atoms with E-state index in [2.05, 4.69) is 5.32 Å². The topological polar surface area (TPSA) is 126 Å². The van der Waals surface area contributed by atoms with Gasteiger partial charge in [-0.2, -0.15) is 5.26 Å². The van der Waals surface area contributed by atoms with Gasteiger partial charge in [0.15, 0.2) is 12.3 Å². The third-order valence-electron chi connectivity index (χ3n) is 6.54. The Morgan fingerprint density at radius 1 is 1.32 bits per heavy atom. The number of ether oxygens (including phenoxy) is 1.